The van der Waals surface area contributed by atoms with Crippen LogP contribution >= 0.6 is 11.6 Å². The lowest BCUT2D eigenvalue weighted by Gasteiger charge is -2.46. The van der Waals surface area contributed by atoms with Crippen LogP contribution in [-0.4, -0.2) is 81.5 Å². The van der Waals surface area contributed by atoms with Crippen LogP contribution in [0.5, 0.6) is 0 Å². The molecule has 1 saturated heterocycles. The molecule has 1 aliphatic heterocycles. The molecule has 0 spiro atoms. The number of anilines is 1. The number of nitrogen functional groups attached to an aromatic ring is 1. The second kappa shape index (κ2) is 10.3. The second-order valence-corrected chi connectivity index (χ2v) is 11.7. The van der Waals surface area contributed by atoms with Crippen molar-refractivity contribution in [2.75, 3.05) is 12.3 Å². The SMILES string of the molecule is Cc1cc2[nH]c(CCC3CC(N(C[C@H]4O[C@@H](n5cnc6c(N)ncnc65)[C@H](O)[C@@H]4O)C(C)C)C3)nc2cc1Cl. The fourth-order valence-electron chi connectivity index (χ4n) is 6.01. The number of nitrogens with zero attached hydrogens (tertiary/aromatic N) is 6. The normalized spacial score (nSPS) is 27.3. The minimum absolute atomic E-state index is 0.258. The summed E-state index contributed by atoms with van der Waals surface area (Å²) in [7, 11) is 0. The zero-order valence-corrected chi connectivity index (χ0v) is 23.1. The van der Waals surface area contributed by atoms with Gasteiger partial charge in [-0.2, -0.15) is 0 Å². The van der Waals surface area contributed by atoms with Crippen molar-refractivity contribution in [2.24, 2.45) is 5.92 Å². The lowest BCUT2D eigenvalue weighted by atomic mass is 9.76. The van der Waals surface area contributed by atoms with Crippen LogP contribution in [0.1, 0.15) is 50.7 Å². The van der Waals surface area contributed by atoms with Crippen LogP contribution in [0.3, 0.4) is 0 Å². The number of hydrogen-bond acceptors (Lipinski definition) is 9. The molecule has 12 heteroatoms. The molecule has 4 atom stereocenters. The molecule has 1 aromatic carbocycles. The molecule has 11 nitrogen and oxygen atoms in total. The van der Waals surface area contributed by atoms with Gasteiger partial charge in [0.25, 0.3) is 0 Å². The Morgan fingerprint density at radius 3 is 2.77 bits per heavy atom. The predicted molar refractivity (Wildman–Crippen MR) is 148 cm³/mol. The lowest BCUT2D eigenvalue weighted by Crippen LogP contribution is -2.52. The Labute approximate surface area is 231 Å². The summed E-state index contributed by atoms with van der Waals surface area (Å²) in [5, 5.41) is 22.5. The number of rotatable bonds is 8. The van der Waals surface area contributed by atoms with Crippen LogP contribution in [0.15, 0.2) is 24.8 Å². The molecule has 0 amide bonds. The first kappa shape index (κ1) is 26.4. The highest BCUT2D eigenvalue weighted by molar-refractivity contribution is 6.32. The summed E-state index contributed by atoms with van der Waals surface area (Å²) in [4.78, 5) is 23.0. The Kier molecular flexibility index (Phi) is 6.96. The minimum atomic E-state index is -1.12. The van der Waals surface area contributed by atoms with Gasteiger partial charge in [-0.3, -0.25) is 9.47 Å². The van der Waals surface area contributed by atoms with Crippen LogP contribution in [0, 0.1) is 12.8 Å². The molecule has 39 heavy (non-hydrogen) atoms. The lowest BCUT2D eigenvalue weighted by molar-refractivity contribution is -0.0620. The van der Waals surface area contributed by atoms with Crippen LogP contribution in [0.4, 0.5) is 5.82 Å². The maximum atomic E-state index is 10.9. The van der Waals surface area contributed by atoms with Gasteiger partial charge in [-0.1, -0.05) is 11.6 Å². The quantitative estimate of drug-likeness (QED) is 0.257. The van der Waals surface area contributed by atoms with Gasteiger partial charge in [-0.15, -0.1) is 0 Å². The van der Waals surface area contributed by atoms with E-state index >= 15 is 0 Å². The molecular formula is C27H35ClN8O3. The molecule has 0 unspecified atom stereocenters. The van der Waals surface area contributed by atoms with Crippen molar-refractivity contribution in [3.05, 3.63) is 41.2 Å². The Hall–Kier alpha value is -2.83. The van der Waals surface area contributed by atoms with Crippen molar-refractivity contribution in [1.29, 1.82) is 0 Å². The van der Waals surface area contributed by atoms with E-state index in [2.05, 4.69) is 38.7 Å². The van der Waals surface area contributed by atoms with Gasteiger partial charge in [0.05, 0.1) is 17.4 Å². The van der Waals surface area contributed by atoms with Crippen LogP contribution in [0.2, 0.25) is 5.02 Å². The van der Waals surface area contributed by atoms with Gasteiger partial charge in [0, 0.05) is 30.1 Å². The zero-order valence-electron chi connectivity index (χ0n) is 22.3. The van der Waals surface area contributed by atoms with E-state index in [1.54, 1.807) is 4.57 Å². The van der Waals surface area contributed by atoms with Gasteiger partial charge in [0.1, 0.15) is 36.0 Å². The van der Waals surface area contributed by atoms with Gasteiger partial charge in [-0.05, 0) is 63.6 Å². The van der Waals surface area contributed by atoms with Gasteiger partial charge >= 0.3 is 0 Å². The highest BCUT2D eigenvalue weighted by atomic mass is 35.5. The summed E-state index contributed by atoms with van der Waals surface area (Å²) in [6, 6.07) is 4.65. The molecule has 4 aromatic rings. The van der Waals surface area contributed by atoms with Crippen molar-refractivity contribution in [2.45, 2.75) is 83.1 Å². The molecule has 1 saturated carbocycles. The molecule has 208 valence electrons. The number of nitrogens with two attached hydrogens (primary N) is 1. The van der Waals surface area contributed by atoms with Crippen molar-refractivity contribution in [1.82, 2.24) is 34.4 Å². The number of halogens is 1. The van der Waals surface area contributed by atoms with E-state index in [0.717, 1.165) is 53.1 Å². The number of aliphatic hydroxyl groups is 2. The molecule has 1 aliphatic carbocycles. The molecule has 4 heterocycles. The number of nitrogens with one attached hydrogen (secondary N) is 1. The fraction of sp³-hybridized carbons (Fsp3) is 0.556. The number of hydrogen-bond donors (Lipinski definition) is 4. The number of benzene rings is 1. The zero-order chi connectivity index (χ0) is 27.4. The molecule has 3 aromatic heterocycles. The molecular weight excluding hydrogens is 520 g/mol. The average Bonchev–Trinajstić information content (AvgIpc) is 3.55. The maximum absolute atomic E-state index is 10.9. The summed E-state index contributed by atoms with van der Waals surface area (Å²) in [6.45, 7) is 6.84. The van der Waals surface area contributed by atoms with E-state index in [9.17, 15) is 10.2 Å². The smallest absolute Gasteiger partial charge is 0.167 e. The number of aromatic amines is 1. The van der Waals surface area contributed by atoms with Gasteiger partial charge in [0.2, 0.25) is 0 Å². The van der Waals surface area contributed by atoms with Crippen molar-refractivity contribution < 1.29 is 14.9 Å². The summed E-state index contributed by atoms with van der Waals surface area (Å²) in [6.07, 6.45) is 3.50. The molecule has 0 bridgehead atoms. The molecule has 0 radical (unpaired) electrons. The highest BCUT2D eigenvalue weighted by Gasteiger charge is 2.46. The number of imidazole rings is 2. The minimum Gasteiger partial charge on any atom is -0.387 e. The third kappa shape index (κ3) is 4.87. The van der Waals surface area contributed by atoms with E-state index in [-0.39, 0.29) is 11.9 Å². The summed E-state index contributed by atoms with van der Waals surface area (Å²) < 4.78 is 7.83. The standard InChI is InChI=1S/C27H35ClN8O3/c1-13(2)35(16-7-15(8-16)4-5-21-33-18-6-14(3)17(28)9-19(18)34-21)10-20-23(37)24(38)27(39-20)36-12-32-22-25(29)30-11-31-26(22)36/h6,9,11-13,15-16,20,23-24,27,37-38H,4-5,7-8,10H2,1-3H3,(H,33,34)(H2,29,30,31)/t15?,16?,20-,23-,24-,27-/m1/s1. The first-order chi connectivity index (χ1) is 18.7. The number of fused-ring (bicyclic) bond motifs is 2. The summed E-state index contributed by atoms with van der Waals surface area (Å²) >= 11 is 6.26. The van der Waals surface area contributed by atoms with E-state index in [0.29, 0.717) is 29.7 Å². The highest BCUT2D eigenvalue weighted by Crippen LogP contribution is 2.38. The largest absolute Gasteiger partial charge is 0.387 e. The predicted octanol–water partition coefficient (Wildman–Crippen LogP) is 2.99. The number of aliphatic hydroxyl groups excluding tert-OH is 2. The number of ether oxygens (including phenoxy) is 1. The Morgan fingerprint density at radius 1 is 1.21 bits per heavy atom. The van der Waals surface area contributed by atoms with Crippen LogP contribution < -0.4 is 5.73 Å². The molecule has 2 fully saturated rings. The number of aryl methyl sites for hydroxylation is 2. The van der Waals surface area contributed by atoms with Crippen LogP contribution in [-0.2, 0) is 11.2 Å². The Morgan fingerprint density at radius 2 is 2.00 bits per heavy atom. The van der Waals surface area contributed by atoms with Gasteiger partial charge < -0.3 is 25.7 Å². The average molecular weight is 555 g/mol. The van der Waals surface area contributed by atoms with E-state index in [1.165, 1.54) is 12.7 Å². The number of aromatic nitrogens is 6. The topological polar surface area (TPSA) is 151 Å². The molecule has 2 aliphatic rings. The van der Waals surface area contributed by atoms with E-state index < -0.39 is 24.5 Å². The first-order valence-corrected chi connectivity index (χ1v) is 13.9. The third-order valence-electron chi connectivity index (χ3n) is 8.33. The third-order valence-corrected chi connectivity index (χ3v) is 8.74. The monoisotopic (exact) mass is 554 g/mol. The number of H-pyrrole nitrogens is 1. The summed E-state index contributed by atoms with van der Waals surface area (Å²) in [5.41, 5.74) is 9.80. The van der Waals surface area contributed by atoms with E-state index in [1.807, 2.05) is 19.1 Å². The van der Waals surface area contributed by atoms with Gasteiger partial charge in [-0.25, -0.2) is 19.9 Å². The second-order valence-electron chi connectivity index (χ2n) is 11.3. The fourth-order valence-corrected chi connectivity index (χ4v) is 6.17. The van der Waals surface area contributed by atoms with Crippen molar-refractivity contribution >= 4 is 39.6 Å². The van der Waals surface area contributed by atoms with Crippen molar-refractivity contribution in [3.8, 4) is 0 Å². The summed E-state index contributed by atoms with van der Waals surface area (Å²) in [5.74, 6) is 1.87. The molecule has 5 N–H and O–H groups in total. The Bertz CT molecular complexity index is 1440. The Balaban J connectivity index is 1.07. The maximum Gasteiger partial charge on any atom is 0.167 e. The van der Waals surface area contributed by atoms with Crippen LogP contribution in [0.25, 0.3) is 22.2 Å². The van der Waals surface area contributed by atoms with Crippen molar-refractivity contribution in [3.63, 3.8) is 0 Å². The van der Waals surface area contributed by atoms with E-state index in [4.69, 9.17) is 27.1 Å². The van der Waals surface area contributed by atoms with Gasteiger partial charge in [0.15, 0.2) is 17.7 Å². The first-order valence-electron chi connectivity index (χ1n) is 13.5. The molecule has 6 rings (SSSR count).